The van der Waals surface area contributed by atoms with E-state index < -0.39 is 23.1 Å². The number of hydrogen-bond donors (Lipinski definition) is 1. The van der Waals surface area contributed by atoms with Gasteiger partial charge in [-0.3, -0.25) is 0 Å². The third-order valence-electron chi connectivity index (χ3n) is 5.90. The van der Waals surface area contributed by atoms with Crippen molar-refractivity contribution in [1.29, 1.82) is 0 Å². The largest absolute Gasteiger partial charge is 0.668 e. The molecule has 0 amide bonds. The summed E-state index contributed by atoms with van der Waals surface area (Å²) in [5, 5.41) is 7.57. The molecule has 5 nitrogen and oxygen atoms in total. The molecule has 3 rings (SSSR count). The minimum absolute atomic E-state index is 0. The van der Waals surface area contributed by atoms with Gasteiger partial charge in [0.1, 0.15) is 5.75 Å². The number of benzene rings is 2. The van der Waals surface area contributed by atoms with E-state index in [4.69, 9.17) is 25.1 Å². The van der Waals surface area contributed by atoms with Gasteiger partial charge >= 0.3 is 6.18 Å². The van der Waals surface area contributed by atoms with Gasteiger partial charge in [-0.25, -0.2) is 0 Å². The van der Waals surface area contributed by atoms with Crippen LogP contribution in [0.25, 0.3) is 5.73 Å². The number of hydrogen-bond acceptors (Lipinski definition) is 4. The van der Waals surface area contributed by atoms with Crippen molar-refractivity contribution in [2.75, 3.05) is 26.4 Å². The van der Waals surface area contributed by atoms with E-state index in [0.29, 0.717) is 24.8 Å². The molecule has 1 saturated heterocycles. The van der Waals surface area contributed by atoms with Gasteiger partial charge in [0, 0.05) is 52.5 Å². The first-order valence-electron chi connectivity index (χ1n) is 12.5. The average molecular weight is 600 g/mol. The van der Waals surface area contributed by atoms with Crippen molar-refractivity contribution in [3.63, 3.8) is 0 Å². The number of ether oxygens (including phenoxy) is 3. The van der Waals surface area contributed by atoms with Gasteiger partial charge in [-0.2, -0.15) is 13.2 Å². The molecule has 1 heterocycles. The Labute approximate surface area is 244 Å². The molecule has 1 fully saturated rings. The van der Waals surface area contributed by atoms with Gasteiger partial charge in [-0.1, -0.05) is 49.2 Å². The Morgan fingerprint density at radius 2 is 1.57 bits per heavy atom. The third-order valence-corrected chi connectivity index (χ3v) is 5.90. The fourth-order valence-corrected chi connectivity index (χ4v) is 3.78. The van der Waals surface area contributed by atoms with Gasteiger partial charge in [-0.05, 0) is 75.3 Å². The molecule has 205 valence electrons. The molecule has 37 heavy (non-hydrogen) atoms. The summed E-state index contributed by atoms with van der Waals surface area (Å²) < 4.78 is 57.7. The van der Waals surface area contributed by atoms with Crippen LogP contribution in [0.2, 0.25) is 0 Å². The second kappa shape index (κ2) is 15.5. The number of rotatable bonds is 9. The fourth-order valence-electron chi connectivity index (χ4n) is 3.78. The van der Waals surface area contributed by atoms with Gasteiger partial charge < -0.3 is 25.1 Å². The van der Waals surface area contributed by atoms with Crippen molar-refractivity contribution < 1.29 is 65.2 Å². The van der Waals surface area contributed by atoms with E-state index in [1.54, 1.807) is 26.8 Å². The van der Waals surface area contributed by atoms with Gasteiger partial charge in [0.05, 0.1) is 12.2 Å². The summed E-state index contributed by atoms with van der Waals surface area (Å²) in [6, 6.07) is 12.4. The maximum atomic E-state index is 13.7. The molecule has 0 aliphatic carbocycles. The molecule has 0 bridgehead atoms. The molecule has 0 unspecified atom stereocenters. The monoisotopic (exact) mass is 599 g/mol. The van der Waals surface area contributed by atoms with Crippen LogP contribution in [0.15, 0.2) is 42.5 Å². The standard InChI is InChI=1S/C26H33F3NO3.C2H6O.Y/c1-4-19-7-5-8-20(15-19)9-6-14-31-23-11-10-21(16-22(23)26(27,28)29)12-13-25(30)17-32-24(2,3)33-18-25;1-2-3;/h5,7-8,10-11,15-16,30H,4,6,9,12-14,17-18H2,1-3H3;3H,2H2,1H3;/q-1;;. The van der Waals surface area contributed by atoms with E-state index in [2.05, 4.69) is 19.1 Å². The molecule has 0 saturated carbocycles. The summed E-state index contributed by atoms with van der Waals surface area (Å²) in [4.78, 5) is 0. The van der Waals surface area contributed by atoms with Gasteiger partial charge in [0.15, 0.2) is 5.79 Å². The van der Waals surface area contributed by atoms with Gasteiger partial charge in [-0.15, -0.1) is 0 Å². The van der Waals surface area contributed by atoms with Crippen LogP contribution in [0, 0.1) is 0 Å². The van der Waals surface area contributed by atoms with Crippen molar-refractivity contribution in [3.05, 3.63) is 70.5 Å². The second-order valence-electron chi connectivity index (χ2n) is 9.53. The maximum absolute atomic E-state index is 13.7. The van der Waals surface area contributed by atoms with E-state index in [0.717, 1.165) is 24.5 Å². The molecule has 2 N–H and O–H groups in total. The van der Waals surface area contributed by atoms with E-state index in [-0.39, 0.29) is 64.9 Å². The number of aliphatic hydroxyl groups excluding tert-OH is 1. The zero-order chi connectivity index (χ0) is 26.8. The minimum atomic E-state index is -4.51. The summed E-state index contributed by atoms with van der Waals surface area (Å²) in [7, 11) is 0. The quantitative estimate of drug-likeness (QED) is 0.323. The van der Waals surface area contributed by atoms with E-state index in [1.807, 2.05) is 12.1 Å². The molecular weight excluding hydrogens is 560 g/mol. The normalized spacial score (nSPS) is 16.2. The van der Waals surface area contributed by atoms with Crippen molar-refractivity contribution >= 4 is 0 Å². The molecule has 2 aromatic rings. The smallest absolute Gasteiger partial charge is 0.419 e. The first-order chi connectivity index (χ1) is 16.9. The Kier molecular flexibility index (Phi) is 14.3. The summed E-state index contributed by atoms with van der Waals surface area (Å²) >= 11 is 0. The molecule has 0 aromatic heterocycles. The number of aryl methyl sites for hydroxylation is 3. The average Bonchev–Trinajstić information content (AvgIpc) is 2.83. The van der Waals surface area contributed by atoms with Crippen LogP contribution in [0.3, 0.4) is 0 Å². The second-order valence-corrected chi connectivity index (χ2v) is 9.53. The Hall–Kier alpha value is -1.03. The maximum Gasteiger partial charge on any atom is 0.419 e. The van der Waals surface area contributed by atoms with Crippen molar-refractivity contribution in [2.24, 2.45) is 0 Å². The summed E-state index contributed by atoms with van der Waals surface area (Å²) in [6.07, 6.45) is -1.51. The predicted molar refractivity (Wildman–Crippen MR) is 135 cm³/mol. The molecule has 2 aromatic carbocycles. The van der Waals surface area contributed by atoms with Gasteiger partial charge in [0.2, 0.25) is 0 Å². The molecule has 0 spiro atoms. The first-order valence-corrected chi connectivity index (χ1v) is 12.5. The molecular formula is C28H39F3NO4Y-. The summed E-state index contributed by atoms with van der Waals surface area (Å²) in [5.74, 6) is -0.883. The zero-order valence-corrected chi connectivity index (χ0v) is 25.1. The molecule has 1 aliphatic heterocycles. The van der Waals surface area contributed by atoms with Crippen LogP contribution in [0.1, 0.15) is 62.8 Å². The molecule has 9 heteroatoms. The number of nitrogens with one attached hydrogen (secondary N) is 1. The van der Waals surface area contributed by atoms with Crippen LogP contribution in [-0.4, -0.2) is 42.9 Å². The van der Waals surface area contributed by atoms with Gasteiger partial charge in [0.25, 0.3) is 0 Å². The van der Waals surface area contributed by atoms with Crippen molar-refractivity contribution in [3.8, 4) is 5.75 Å². The zero-order valence-electron chi connectivity index (χ0n) is 22.3. The SMILES string of the molecule is CCO.CCc1cccc(CCCOc2ccc(CCC3([NH-])COC(C)(C)OC3)cc2C(F)(F)F)c1.[Y]. The molecule has 1 radical (unpaired) electrons. The Morgan fingerprint density at radius 3 is 2.16 bits per heavy atom. The number of aliphatic hydroxyl groups is 1. The Morgan fingerprint density at radius 1 is 0.973 bits per heavy atom. The number of alkyl halides is 3. The van der Waals surface area contributed by atoms with E-state index >= 15 is 0 Å². The Balaban J connectivity index is 0.00000163. The van der Waals surface area contributed by atoms with E-state index in [1.165, 1.54) is 11.6 Å². The number of halogens is 3. The van der Waals surface area contributed by atoms with Crippen molar-refractivity contribution in [2.45, 2.75) is 77.3 Å². The topological polar surface area (TPSA) is 71.7 Å². The van der Waals surface area contributed by atoms with Crippen molar-refractivity contribution in [1.82, 2.24) is 0 Å². The molecule has 1 aliphatic rings. The van der Waals surface area contributed by atoms with Crippen LogP contribution in [0.5, 0.6) is 5.75 Å². The Bertz CT molecular complexity index is 943. The summed E-state index contributed by atoms with van der Waals surface area (Å²) in [6.45, 7) is 8.17. The molecule has 0 atom stereocenters. The van der Waals surface area contributed by atoms with Crippen LogP contribution < -0.4 is 4.74 Å². The van der Waals surface area contributed by atoms with Crippen LogP contribution >= 0.6 is 0 Å². The van der Waals surface area contributed by atoms with Crippen LogP contribution in [0.4, 0.5) is 13.2 Å². The fraction of sp³-hybridized carbons (Fsp3) is 0.571. The predicted octanol–water partition coefficient (Wildman–Crippen LogP) is 6.78. The minimum Gasteiger partial charge on any atom is -0.668 e. The summed E-state index contributed by atoms with van der Waals surface area (Å²) in [5.41, 5.74) is 9.65. The third kappa shape index (κ3) is 11.7. The van der Waals surface area contributed by atoms with E-state index in [9.17, 15) is 13.2 Å². The van der Waals surface area contributed by atoms with Crippen LogP contribution in [-0.2, 0) is 67.6 Å². The first kappa shape index (κ1) is 34.0.